The van der Waals surface area contributed by atoms with Crippen LogP contribution in [-0.4, -0.2) is 20.3 Å². The van der Waals surface area contributed by atoms with Crippen LogP contribution in [0.3, 0.4) is 0 Å². The van der Waals surface area contributed by atoms with Gasteiger partial charge in [0.1, 0.15) is 0 Å². The van der Waals surface area contributed by atoms with Crippen molar-refractivity contribution in [3.8, 4) is 11.1 Å². The summed E-state index contributed by atoms with van der Waals surface area (Å²) in [7, 11) is -0.267. The molecule has 0 aliphatic carbocycles. The van der Waals surface area contributed by atoms with E-state index in [1.807, 2.05) is 12.1 Å². The van der Waals surface area contributed by atoms with Crippen LogP contribution in [0.4, 0.5) is 0 Å². The highest BCUT2D eigenvalue weighted by molar-refractivity contribution is 6.61. The zero-order valence-electron chi connectivity index (χ0n) is 18.0. The zero-order valence-corrected chi connectivity index (χ0v) is 19.6. The number of rotatable bonds is 11. The van der Waals surface area contributed by atoms with Gasteiger partial charge >= 0.3 is 7.12 Å². The Hall–Kier alpha value is -0.995. The topological polar surface area (TPSA) is 18.5 Å². The molecule has 1 heterocycles. The minimum Gasteiger partial charge on any atom is -0.407 e. The van der Waals surface area contributed by atoms with Crippen LogP contribution in [0.5, 0.6) is 0 Å². The van der Waals surface area contributed by atoms with E-state index in [2.05, 4.69) is 31.2 Å². The Bertz CT molecular complexity index is 738. The van der Waals surface area contributed by atoms with Gasteiger partial charge in [-0.1, -0.05) is 106 Å². The van der Waals surface area contributed by atoms with Gasteiger partial charge in [0, 0.05) is 29.2 Å². The molecule has 0 unspecified atom stereocenters. The summed E-state index contributed by atoms with van der Waals surface area (Å²) in [5, 5.41) is 1.28. The average Bonchev–Trinajstić information content (AvgIpc) is 2.75. The van der Waals surface area contributed by atoms with Crippen LogP contribution in [-0.2, 0) is 9.31 Å². The van der Waals surface area contributed by atoms with Crippen molar-refractivity contribution in [3.63, 3.8) is 0 Å². The van der Waals surface area contributed by atoms with Crippen LogP contribution in [0.1, 0.15) is 64.7 Å². The van der Waals surface area contributed by atoms with Gasteiger partial charge in [0.15, 0.2) is 0 Å². The molecule has 5 heteroatoms. The molecule has 0 N–H and O–H groups in total. The minimum absolute atomic E-state index is 0.267. The van der Waals surface area contributed by atoms with E-state index in [9.17, 15) is 0 Å². The summed E-state index contributed by atoms with van der Waals surface area (Å²) in [5.41, 5.74) is 3.14. The lowest BCUT2D eigenvalue weighted by molar-refractivity contribution is 0.0810. The monoisotopic (exact) mass is 446 g/mol. The van der Waals surface area contributed by atoms with Crippen molar-refractivity contribution in [2.75, 3.05) is 13.2 Å². The number of halogens is 2. The first-order valence-corrected chi connectivity index (χ1v) is 12.2. The molecule has 1 aliphatic rings. The second-order valence-corrected chi connectivity index (χ2v) is 9.28. The van der Waals surface area contributed by atoms with Gasteiger partial charge < -0.3 is 9.31 Å². The van der Waals surface area contributed by atoms with E-state index in [0.717, 1.165) is 29.8 Å². The Morgan fingerprint density at radius 2 is 1.33 bits per heavy atom. The van der Waals surface area contributed by atoms with Crippen molar-refractivity contribution in [1.82, 2.24) is 0 Å². The quantitative estimate of drug-likeness (QED) is 0.262. The van der Waals surface area contributed by atoms with E-state index in [1.165, 1.54) is 57.8 Å². The first kappa shape index (κ1) is 23.7. The van der Waals surface area contributed by atoms with Crippen molar-refractivity contribution in [1.29, 1.82) is 0 Å². The Balaban J connectivity index is 1.38. The third-order valence-electron chi connectivity index (χ3n) is 5.81. The van der Waals surface area contributed by atoms with Crippen molar-refractivity contribution in [2.24, 2.45) is 5.92 Å². The highest BCUT2D eigenvalue weighted by atomic mass is 35.5. The fraction of sp³-hybridized carbons (Fsp3) is 0.520. The van der Waals surface area contributed by atoms with E-state index in [1.54, 1.807) is 6.07 Å². The predicted octanol–water partition coefficient (Wildman–Crippen LogP) is 7.55. The molecule has 0 spiro atoms. The van der Waals surface area contributed by atoms with Gasteiger partial charge in [0.05, 0.1) is 0 Å². The summed E-state index contributed by atoms with van der Waals surface area (Å²) in [6, 6.07) is 13.8. The Morgan fingerprint density at radius 3 is 1.93 bits per heavy atom. The van der Waals surface area contributed by atoms with Crippen LogP contribution in [0.25, 0.3) is 11.1 Å². The van der Waals surface area contributed by atoms with Crippen molar-refractivity contribution >= 4 is 35.8 Å². The highest BCUT2D eigenvalue weighted by Crippen LogP contribution is 2.27. The zero-order chi connectivity index (χ0) is 21.2. The van der Waals surface area contributed by atoms with E-state index in [0.29, 0.717) is 16.0 Å². The summed E-state index contributed by atoms with van der Waals surface area (Å²) in [5.74, 6) is 0.522. The van der Waals surface area contributed by atoms with Crippen molar-refractivity contribution in [2.45, 2.75) is 64.7 Å². The molecular formula is C25H33BCl2O2. The summed E-state index contributed by atoms with van der Waals surface area (Å²) >= 11 is 12.2. The van der Waals surface area contributed by atoms with Gasteiger partial charge in [-0.15, -0.1) is 0 Å². The Morgan fingerprint density at radius 1 is 0.767 bits per heavy atom. The molecule has 0 bridgehead atoms. The van der Waals surface area contributed by atoms with E-state index in [4.69, 9.17) is 32.5 Å². The molecule has 0 saturated carbocycles. The van der Waals surface area contributed by atoms with E-state index < -0.39 is 0 Å². The molecule has 30 heavy (non-hydrogen) atoms. The van der Waals surface area contributed by atoms with Crippen LogP contribution < -0.4 is 5.46 Å². The van der Waals surface area contributed by atoms with E-state index in [-0.39, 0.29) is 7.12 Å². The molecule has 3 rings (SSSR count). The SMILES string of the molecule is CCCCCCCCCCC1COB(c2ccc(-c3cc(Cl)cc(Cl)c3)cc2)OC1. The van der Waals surface area contributed by atoms with Gasteiger partial charge in [-0.2, -0.15) is 0 Å². The third-order valence-corrected chi connectivity index (χ3v) is 6.25. The fourth-order valence-corrected chi connectivity index (χ4v) is 4.55. The highest BCUT2D eigenvalue weighted by Gasteiger charge is 2.28. The molecule has 0 radical (unpaired) electrons. The molecule has 162 valence electrons. The summed E-state index contributed by atoms with van der Waals surface area (Å²) in [4.78, 5) is 0. The first-order valence-electron chi connectivity index (χ1n) is 11.5. The fourth-order valence-electron chi connectivity index (χ4n) is 4.02. The molecule has 1 saturated heterocycles. The first-order chi connectivity index (χ1) is 14.7. The maximum absolute atomic E-state index is 6.12. The van der Waals surface area contributed by atoms with Crippen LogP contribution in [0.15, 0.2) is 42.5 Å². The van der Waals surface area contributed by atoms with Crippen molar-refractivity contribution in [3.05, 3.63) is 52.5 Å². The molecule has 0 aromatic heterocycles. The molecule has 2 nitrogen and oxygen atoms in total. The molecular weight excluding hydrogens is 414 g/mol. The lowest BCUT2D eigenvalue weighted by Gasteiger charge is -2.27. The van der Waals surface area contributed by atoms with Crippen LogP contribution in [0.2, 0.25) is 10.0 Å². The number of hydrogen-bond acceptors (Lipinski definition) is 2. The summed E-state index contributed by atoms with van der Waals surface area (Å²) in [6.45, 7) is 3.84. The molecule has 1 fully saturated rings. The number of benzene rings is 2. The lowest BCUT2D eigenvalue weighted by atomic mass is 9.76. The van der Waals surface area contributed by atoms with Crippen LogP contribution >= 0.6 is 23.2 Å². The van der Waals surface area contributed by atoms with Gasteiger partial charge in [-0.25, -0.2) is 0 Å². The normalized spacial score (nSPS) is 15.0. The van der Waals surface area contributed by atoms with Gasteiger partial charge in [-0.3, -0.25) is 0 Å². The Labute approximate surface area is 192 Å². The predicted molar refractivity (Wildman–Crippen MR) is 130 cm³/mol. The molecule has 1 aliphatic heterocycles. The number of unbranched alkanes of at least 4 members (excludes halogenated alkanes) is 7. The van der Waals surface area contributed by atoms with Gasteiger partial charge in [-0.05, 0) is 41.2 Å². The summed E-state index contributed by atoms with van der Waals surface area (Å²) in [6.07, 6.45) is 12.1. The maximum Gasteiger partial charge on any atom is 0.493 e. The number of hydrogen-bond donors (Lipinski definition) is 0. The van der Waals surface area contributed by atoms with Crippen molar-refractivity contribution < 1.29 is 9.31 Å². The largest absolute Gasteiger partial charge is 0.493 e. The maximum atomic E-state index is 6.12. The van der Waals surface area contributed by atoms with Gasteiger partial charge in [0.25, 0.3) is 0 Å². The smallest absolute Gasteiger partial charge is 0.407 e. The summed E-state index contributed by atoms with van der Waals surface area (Å²) < 4.78 is 12.0. The lowest BCUT2D eigenvalue weighted by Crippen LogP contribution is -2.44. The molecule has 2 aromatic rings. The second kappa shape index (κ2) is 12.8. The third kappa shape index (κ3) is 7.60. The molecule has 0 amide bonds. The van der Waals surface area contributed by atoms with Gasteiger partial charge in [0.2, 0.25) is 0 Å². The average molecular weight is 447 g/mol. The molecule has 0 atom stereocenters. The Kier molecular flexibility index (Phi) is 10.1. The standard InChI is InChI=1S/C25H33BCl2O2/c1-2-3-4-5-6-7-8-9-10-20-18-29-26(30-19-20)23-13-11-21(12-14-23)22-15-24(27)17-25(28)16-22/h11-17,20H,2-10,18-19H2,1H3. The molecule has 2 aromatic carbocycles. The minimum atomic E-state index is -0.267. The van der Waals surface area contributed by atoms with Crippen LogP contribution in [0, 0.1) is 5.92 Å². The van der Waals surface area contributed by atoms with E-state index >= 15 is 0 Å². The second-order valence-electron chi connectivity index (χ2n) is 8.41.